The summed E-state index contributed by atoms with van der Waals surface area (Å²) in [7, 11) is 0. The molecule has 128 valence electrons. The smallest absolute Gasteiger partial charge is 0.257 e. The molecule has 4 nitrogen and oxygen atoms in total. The average Bonchev–Trinajstić information content (AvgIpc) is 3.16. The quantitative estimate of drug-likeness (QED) is 0.830. The van der Waals surface area contributed by atoms with Gasteiger partial charge in [-0.25, -0.2) is 4.68 Å². The standard InChI is InChI=1S/C19H24ClN3O/c1-13(2)12-16-18(19(24)22-10-6-7-11-22)14(3)23(21-16)17-9-5-4-8-15(17)20/h4-5,8-9,13H,6-7,10-12H2,1-3H3. The third-order valence-electron chi connectivity index (χ3n) is 4.48. The van der Waals surface area contributed by atoms with E-state index >= 15 is 0 Å². The van der Waals surface area contributed by atoms with Crippen molar-refractivity contribution in [3.05, 3.63) is 46.2 Å². The zero-order chi connectivity index (χ0) is 17.3. The van der Waals surface area contributed by atoms with Crippen LogP contribution in [-0.4, -0.2) is 33.7 Å². The van der Waals surface area contributed by atoms with Gasteiger partial charge in [0.15, 0.2) is 0 Å². The zero-order valence-corrected chi connectivity index (χ0v) is 15.3. The van der Waals surface area contributed by atoms with Gasteiger partial charge in [-0.1, -0.05) is 37.6 Å². The lowest BCUT2D eigenvalue weighted by molar-refractivity contribution is 0.0791. The van der Waals surface area contributed by atoms with Crippen LogP contribution >= 0.6 is 11.6 Å². The Hall–Kier alpha value is -1.81. The molecular formula is C19H24ClN3O. The summed E-state index contributed by atoms with van der Waals surface area (Å²) < 4.78 is 1.82. The summed E-state index contributed by atoms with van der Waals surface area (Å²) >= 11 is 6.35. The molecule has 0 saturated carbocycles. The highest BCUT2D eigenvalue weighted by Crippen LogP contribution is 2.27. The highest BCUT2D eigenvalue weighted by molar-refractivity contribution is 6.32. The first-order valence-electron chi connectivity index (χ1n) is 8.61. The molecule has 0 bridgehead atoms. The number of benzene rings is 1. The Balaban J connectivity index is 2.09. The number of likely N-dealkylation sites (tertiary alicyclic amines) is 1. The van der Waals surface area contributed by atoms with Crippen molar-refractivity contribution in [2.45, 2.75) is 40.0 Å². The third kappa shape index (κ3) is 3.20. The normalized spacial score (nSPS) is 14.6. The Labute approximate surface area is 148 Å². The van der Waals surface area contributed by atoms with Gasteiger partial charge in [-0.2, -0.15) is 5.10 Å². The average molecular weight is 346 g/mol. The van der Waals surface area contributed by atoms with Gasteiger partial charge in [-0.15, -0.1) is 0 Å². The van der Waals surface area contributed by atoms with E-state index in [0.717, 1.165) is 55.0 Å². The second-order valence-corrected chi connectivity index (χ2v) is 7.27. The van der Waals surface area contributed by atoms with Crippen molar-refractivity contribution in [1.82, 2.24) is 14.7 Å². The Morgan fingerprint density at radius 3 is 2.54 bits per heavy atom. The van der Waals surface area contributed by atoms with Crippen LogP contribution in [-0.2, 0) is 6.42 Å². The molecule has 1 aromatic carbocycles. The van der Waals surface area contributed by atoms with E-state index in [-0.39, 0.29) is 5.91 Å². The molecule has 2 aromatic rings. The fourth-order valence-corrected chi connectivity index (χ4v) is 3.52. The predicted molar refractivity (Wildman–Crippen MR) is 97.0 cm³/mol. The predicted octanol–water partition coefficient (Wildman–Crippen LogP) is 4.27. The maximum Gasteiger partial charge on any atom is 0.257 e. The summed E-state index contributed by atoms with van der Waals surface area (Å²) in [5.41, 5.74) is 3.32. The topological polar surface area (TPSA) is 38.1 Å². The second kappa shape index (κ2) is 6.98. The number of para-hydroxylation sites is 1. The SMILES string of the molecule is Cc1c(C(=O)N2CCCC2)c(CC(C)C)nn1-c1ccccc1Cl. The summed E-state index contributed by atoms with van der Waals surface area (Å²) in [4.78, 5) is 15.0. The number of carbonyl (C=O) groups excluding carboxylic acids is 1. The van der Waals surface area contributed by atoms with Crippen LogP contribution in [0, 0.1) is 12.8 Å². The first-order valence-corrected chi connectivity index (χ1v) is 8.99. The fourth-order valence-electron chi connectivity index (χ4n) is 3.30. The molecule has 1 amide bonds. The number of amides is 1. The first-order chi connectivity index (χ1) is 11.5. The number of hydrogen-bond acceptors (Lipinski definition) is 2. The highest BCUT2D eigenvalue weighted by atomic mass is 35.5. The molecule has 0 N–H and O–H groups in total. The van der Waals surface area contributed by atoms with Crippen LogP contribution in [0.15, 0.2) is 24.3 Å². The Kier molecular flexibility index (Phi) is 4.95. The highest BCUT2D eigenvalue weighted by Gasteiger charge is 2.28. The molecular weight excluding hydrogens is 322 g/mol. The molecule has 1 fully saturated rings. The van der Waals surface area contributed by atoms with Crippen LogP contribution in [0.25, 0.3) is 5.69 Å². The molecule has 5 heteroatoms. The van der Waals surface area contributed by atoms with E-state index in [0.29, 0.717) is 10.9 Å². The fraction of sp³-hybridized carbons (Fsp3) is 0.474. The summed E-state index contributed by atoms with van der Waals surface area (Å²) in [5.74, 6) is 0.545. The molecule has 24 heavy (non-hydrogen) atoms. The molecule has 2 heterocycles. The van der Waals surface area contributed by atoms with Crippen molar-refractivity contribution in [3.8, 4) is 5.69 Å². The van der Waals surface area contributed by atoms with Crippen LogP contribution in [0.3, 0.4) is 0 Å². The zero-order valence-electron chi connectivity index (χ0n) is 14.6. The molecule has 0 radical (unpaired) electrons. The van der Waals surface area contributed by atoms with Gasteiger partial charge < -0.3 is 4.90 Å². The van der Waals surface area contributed by atoms with E-state index in [9.17, 15) is 4.79 Å². The van der Waals surface area contributed by atoms with E-state index in [4.69, 9.17) is 16.7 Å². The van der Waals surface area contributed by atoms with Crippen LogP contribution in [0.1, 0.15) is 48.4 Å². The van der Waals surface area contributed by atoms with E-state index < -0.39 is 0 Å². The molecule has 0 unspecified atom stereocenters. The number of carbonyl (C=O) groups is 1. The molecule has 1 aliphatic rings. The van der Waals surface area contributed by atoms with Gasteiger partial charge >= 0.3 is 0 Å². The molecule has 0 aliphatic carbocycles. The summed E-state index contributed by atoms with van der Waals surface area (Å²) in [6, 6.07) is 7.62. The number of halogens is 1. The minimum atomic E-state index is 0.110. The monoisotopic (exact) mass is 345 g/mol. The minimum absolute atomic E-state index is 0.110. The van der Waals surface area contributed by atoms with Crippen molar-refractivity contribution in [2.75, 3.05) is 13.1 Å². The van der Waals surface area contributed by atoms with Crippen molar-refractivity contribution in [3.63, 3.8) is 0 Å². The molecule has 0 atom stereocenters. The summed E-state index contributed by atoms with van der Waals surface area (Å²) in [5, 5.41) is 5.40. The van der Waals surface area contributed by atoms with Crippen molar-refractivity contribution in [1.29, 1.82) is 0 Å². The van der Waals surface area contributed by atoms with Gasteiger partial charge in [0.05, 0.1) is 27.7 Å². The van der Waals surface area contributed by atoms with Crippen molar-refractivity contribution in [2.24, 2.45) is 5.92 Å². The lowest BCUT2D eigenvalue weighted by Crippen LogP contribution is -2.29. The van der Waals surface area contributed by atoms with Gasteiger partial charge in [0.1, 0.15) is 0 Å². The summed E-state index contributed by atoms with van der Waals surface area (Å²) in [6.45, 7) is 7.94. The number of nitrogens with zero attached hydrogens (tertiary/aromatic N) is 3. The first kappa shape index (κ1) is 17.0. The van der Waals surface area contributed by atoms with Gasteiger partial charge in [0.25, 0.3) is 5.91 Å². The minimum Gasteiger partial charge on any atom is -0.339 e. The molecule has 1 aromatic heterocycles. The van der Waals surface area contributed by atoms with Gasteiger partial charge in [-0.05, 0) is 44.2 Å². The second-order valence-electron chi connectivity index (χ2n) is 6.87. The van der Waals surface area contributed by atoms with Crippen LogP contribution in [0.5, 0.6) is 0 Å². The maximum atomic E-state index is 13.0. The van der Waals surface area contributed by atoms with E-state index in [1.54, 1.807) is 0 Å². The van der Waals surface area contributed by atoms with Gasteiger partial charge in [0, 0.05) is 13.1 Å². The lowest BCUT2D eigenvalue weighted by atomic mass is 10.0. The number of hydrogen-bond donors (Lipinski definition) is 0. The number of aromatic nitrogens is 2. The van der Waals surface area contributed by atoms with Crippen LogP contribution in [0.4, 0.5) is 0 Å². The Bertz CT molecular complexity index is 745. The largest absolute Gasteiger partial charge is 0.339 e. The Morgan fingerprint density at radius 2 is 1.92 bits per heavy atom. The van der Waals surface area contributed by atoms with Gasteiger partial charge in [-0.3, -0.25) is 4.79 Å². The van der Waals surface area contributed by atoms with Crippen LogP contribution < -0.4 is 0 Å². The summed E-state index contributed by atoms with van der Waals surface area (Å²) in [6.07, 6.45) is 2.96. The third-order valence-corrected chi connectivity index (χ3v) is 4.80. The Morgan fingerprint density at radius 1 is 1.25 bits per heavy atom. The van der Waals surface area contributed by atoms with Crippen LogP contribution in [0.2, 0.25) is 5.02 Å². The van der Waals surface area contributed by atoms with E-state index in [1.807, 2.05) is 40.8 Å². The van der Waals surface area contributed by atoms with E-state index in [1.165, 1.54) is 0 Å². The molecule has 1 aliphatic heterocycles. The van der Waals surface area contributed by atoms with Crippen molar-refractivity contribution >= 4 is 17.5 Å². The molecule has 0 spiro atoms. The van der Waals surface area contributed by atoms with E-state index in [2.05, 4.69) is 13.8 Å². The lowest BCUT2D eigenvalue weighted by Gasteiger charge is -2.16. The molecule has 1 saturated heterocycles. The van der Waals surface area contributed by atoms with Crippen molar-refractivity contribution < 1.29 is 4.79 Å². The molecule has 3 rings (SSSR count). The maximum absolute atomic E-state index is 13.0. The number of rotatable bonds is 4. The van der Waals surface area contributed by atoms with Gasteiger partial charge in [0.2, 0.25) is 0 Å².